The fraction of sp³-hybridized carbons (Fsp3) is 0.438. The van der Waals surface area contributed by atoms with E-state index in [1.165, 1.54) is 12.1 Å². The molecule has 2 rings (SSSR count). The minimum atomic E-state index is -0.291. The number of amides is 1. The SMILES string of the molecule is C/C(=C\C(=O)N1CCCCC1CN)c1cccc(F)c1. The molecule has 1 aliphatic heterocycles. The molecule has 0 aliphatic carbocycles. The molecule has 0 radical (unpaired) electrons. The maximum absolute atomic E-state index is 13.2. The number of allylic oxidation sites excluding steroid dienone is 1. The van der Waals surface area contributed by atoms with Gasteiger partial charge in [-0.25, -0.2) is 4.39 Å². The summed E-state index contributed by atoms with van der Waals surface area (Å²) in [6.45, 7) is 3.08. The van der Waals surface area contributed by atoms with Gasteiger partial charge in [-0.3, -0.25) is 4.79 Å². The molecule has 108 valence electrons. The number of nitrogens with zero attached hydrogens (tertiary/aromatic N) is 1. The van der Waals surface area contributed by atoms with Gasteiger partial charge in [0, 0.05) is 25.2 Å². The Kier molecular flexibility index (Phi) is 4.90. The van der Waals surface area contributed by atoms with Crippen LogP contribution in [0.1, 0.15) is 31.7 Å². The lowest BCUT2D eigenvalue weighted by atomic mass is 10.0. The molecule has 1 saturated heterocycles. The summed E-state index contributed by atoms with van der Waals surface area (Å²) >= 11 is 0. The van der Waals surface area contributed by atoms with Crippen molar-refractivity contribution in [3.63, 3.8) is 0 Å². The van der Waals surface area contributed by atoms with Crippen molar-refractivity contribution >= 4 is 11.5 Å². The average Bonchev–Trinajstić information content (AvgIpc) is 2.47. The zero-order valence-corrected chi connectivity index (χ0v) is 11.8. The van der Waals surface area contributed by atoms with E-state index in [1.807, 2.05) is 11.8 Å². The largest absolute Gasteiger partial charge is 0.335 e. The van der Waals surface area contributed by atoms with Crippen molar-refractivity contribution in [3.05, 3.63) is 41.7 Å². The van der Waals surface area contributed by atoms with Crippen LogP contribution in [0.2, 0.25) is 0 Å². The molecule has 2 N–H and O–H groups in total. The Morgan fingerprint density at radius 3 is 3.00 bits per heavy atom. The Morgan fingerprint density at radius 2 is 2.30 bits per heavy atom. The first kappa shape index (κ1) is 14.7. The lowest BCUT2D eigenvalue weighted by Gasteiger charge is -2.34. The first-order valence-electron chi connectivity index (χ1n) is 7.06. The number of nitrogens with two attached hydrogens (primary N) is 1. The van der Waals surface area contributed by atoms with Crippen molar-refractivity contribution in [2.45, 2.75) is 32.2 Å². The molecule has 0 spiro atoms. The Labute approximate surface area is 119 Å². The van der Waals surface area contributed by atoms with Crippen molar-refractivity contribution in [2.24, 2.45) is 5.73 Å². The maximum Gasteiger partial charge on any atom is 0.247 e. The molecule has 20 heavy (non-hydrogen) atoms. The lowest BCUT2D eigenvalue weighted by Crippen LogP contribution is -2.46. The van der Waals surface area contributed by atoms with Crippen LogP contribution >= 0.6 is 0 Å². The molecule has 1 aromatic rings. The summed E-state index contributed by atoms with van der Waals surface area (Å²) in [7, 11) is 0. The number of carbonyl (C=O) groups excluding carboxylic acids is 1. The summed E-state index contributed by atoms with van der Waals surface area (Å²) in [6, 6.07) is 6.42. The van der Waals surface area contributed by atoms with Gasteiger partial charge in [-0.05, 0) is 49.5 Å². The van der Waals surface area contributed by atoms with Gasteiger partial charge in [0.15, 0.2) is 0 Å². The Bertz CT molecular complexity index is 513. The van der Waals surface area contributed by atoms with E-state index < -0.39 is 0 Å². The van der Waals surface area contributed by atoms with E-state index >= 15 is 0 Å². The second-order valence-corrected chi connectivity index (χ2v) is 5.25. The molecule has 0 aromatic heterocycles. The zero-order chi connectivity index (χ0) is 14.5. The Morgan fingerprint density at radius 1 is 1.50 bits per heavy atom. The number of rotatable bonds is 3. The summed E-state index contributed by atoms with van der Waals surface area (Å²) in [4.78, 5) is 14.2. The van der Waals surface area contributed by atoms with Gasteiger partial charge >= 0.3 is 0 Å². The van der Waals surface area contributed by atoms with Gasteiger partial charge < -0.3 is 10.6 Å². The number of piperidine rings is 1. The quantitative estimate of drug-likeness (QED) is 0.862. The van der Waals surface area contributed by atoms with Gasteiger partial charge in [0.25, 0.3) is 0 Å². The number of carbonyl (C=O) groups is 1. The summed E-state index contributed by atoms with van der Waals surface area (Å²) in [5.41, 5.74) is 7.24. The van der Waals surface area contributed by atoms with E-state index in [0.29, 0.717) is 6.54 Å². The van der Waals surface area contributed by atoms with Crippen molar-refractivity contribution in [1.82, 2.24) is 4.90 Å². The standard InChI is InChI=1S/C16H21FN2O/c1-12(13-5-4-6-14(17)10-13)9-16(20)19-8-3-2-7-15(19)11-18/h4-6,9-10,15H,2-3,7-8,11,18H2,1H3/b12-9+. The third kappa shape index (κ3) is 3.45. The molecule has 1 heterocycles. The minimum Gasteiger partial charge on any atom is -0.335 e. The average molecular weight is 276 g/mol. The van der Waals surface area contributed by atoms with Crippen LogP contribution in [0.15, 0.2) is 30.3 Å². The number of halogens is 1. The van der Waals surface area contributed by atoms with Gasteiger partial charge in [0.05, 0.1) is 0 Å². The molecule has 0 bridgehead atoms. The monoisotopic (exact) mass is 276 g/mol. The highest BCUT2D eigenvalue weighted by molar-refractivity contribution is 5.95. The Balaban J connectivity index is 2.14. The second kappa shape index (κ2) is 6.66. The van der Waals surface area contributed by atoms with Crippen LogP contribution in [0.3, 0.4) is 0 Å². The van der Waals surface area contributed by atoms with Crippen molar-refractivity contribution < 1.29 is 9.18 Å². The minimum absolute atomic E-state index is 0.0260. The Hall–Kier alpha value is -1.68. The fourth-order valence-corrected chi connectivity index (χ4v) is 2.62. The van der Waals surface area contributed by atoms with Crippen LogP contribution in [0, 0.1) is 5.82 Å². The third-order valence-electron chi connectivity index (χ3n) is 3.80. The smallest absolute Gasteiger partial charge is 0.247 e. The fourth-order valence-electron chi connectivity index (χ4n) is 2.62. The van der Waals surface area contributed by atoms with Crippen molar-refractivity contribution in [1.29, 1.82) is 0 Å². The van der Waals surface area contributed by atoms with Crippen molar-refractivity contribution in [3.8, 4) is 0 Å². The molecule has 3 nitrogen and oxygen atoms in total. The van der Waals surface area contributed by atoms with Crippen LogP contribution in [0.25, 0.3) is 5.57 Å². The van der Waals surface area contributed by atoms with Crippen LogP contribution in [0.4, 0.5) is 4.39 Å². The number of hydrogen-bond donors (Lipinski definition) is 1. The number of likely N-dealkylation sites (tertiary alicyclic amines) is 1. The second-order valence-electron chi connectivity index (χ2n) is 5.25. The first-order valence-corrected chi connectivity index (χ1v) is 7.06. The highest BCUT2D eigenvalue weighted by Gasteiger charge is 2.24. The van der Waals surface area contributed by atoms with Gasteiger partial charge in [0.2, 0.25) is 5.91 Å². The molecule has 1 unspecified atom stereocenters. The molecule has 1 fully saturated rings. The van der Waals surface area contributed by atoms with Crippen LogP contribution < -0.4 is 5.73 Å². The summed E-state index contributed by atoms with van der Waals surface area (Å²) < 4.78 is 13.2. The van der Waals surface area contributed by atoms with Crippen LogP contribution in [-0.4, -0.2) is 29.9 Å². The predicted molar refractivity (Wildman–Crippen MR) is 78.5 cm³/mol. The van der Waals surface area contributed by atoms with E-state index in [9.17, 15) is 9.18 Å². The molecule has 1 atom stereocenters. The molecule has 0 saturated carbocycles. The summed E-state index contributed by atoms with van der Waals surface area (Å²) in [5, 5.41) is 0. The number of benzene rings is 1. The lowest BCUT2D eigenvalue weighted by molar-refractivity contribution is -0.129. The highest BCUT2D eigenvalue weighted by atomic mass is 19.1. The molecule has 1 aliphatic rings. The topological polar surface area (TPSA) is 46.3 Å². The van der Waals surface area contributed by atoms with Crippen molar-refractivity contribution in [2.75, 3.05) is 13.1 Å². The van der Waals surface area contributed by atoms with E-state index in [-0.39, 0.29) is 17.8 Å². The predicted octanol–water partition coefficient (Wildman–Crippen LogP) is 2.57. The molecule has 1 aromatic carbocycles. The highest BCUT2D eigenvalue weighted by Crippen LogP contribution is 2.19. The third-order valence-corrected chi connectivity index (χ3v) is 3.80. The first-order chi connectivity index (χ1) is 9.61. The summed E-state index contributed by atoms with van der Waals surface area (Å²) in [6.07, 6.45) is 4.70. The van der Waals surface area contributed by atoms with E-state index in [0.717, 1.165) is 36.9 Å². The van der Waals surface area contributed by atoms with Gasteiger partial charge in [-0.1, -0.05) is 12.1 Å². The van der Waals surface area contributed by atoms with E-state index in [2.05, 4.69) is 0 Å². The molecular formula is C16H21FN2O. The zero-order valence-electron chi connectivity index (χ0n) is 11.8. The number of hydrogen-bond acceptors (Lipinski definition) is 2. The van der Waals surface area contributed by atoms with Gasteiger partial charge in [-0.2, -0.15) is 0 Å². The van der Waals surface area contributed by atoms with Gasteiger partial charge in [0.1, 0.15) is 5.82 Å². The van der Waals surface area contributed by atoms with E-state index in [1.54, 1.807) is 18.2 Å². The van der Waals surface area contributed by atoms with Crippen LogP contribution in [-0.2, 0) is 4.79 Å². The van der Waals surface area contributed by atoms with Crippen LogP contribution in [0.5, 0.6) is 0 Å². The molecule has 1 amide bonds. The van der Waals surface area contributed by atoms with Gasteiger partial charge in [-0.15, -0.1) is 0 Å². The molecular weight excluding hydrogens is 255 g/mol. The summed E-state index contributed by atoms with van der Waals surface area (Å²) in [5.74, 6) is -0.317. The van der Waals surface area contributed by atoms with E-state index in [4.69, 9.17) is 5.73 Å². The normalized spacial score (nSPS) is 20.1. The maximum atomic E-state index is 13.2. The molecule has 4 heteroatoms.